The minimum absolute atomic E-state index is 0.309. The zero-order valence-corrected chi connectivity index (χ0v) is 17.5. The Morgan fingerprint density at radius 3 is 2.57 bits per heavy atom. The summed E-state index contributed by atoms with van der Waals surface area (Å²) in [6, 6.07) is 3.79. The molecule has 0 N–H and O–H groups in total. The minimum atomic E-state index is 0.309. The van der Waals surface area contributed by atoms with E-state index < -0.39 is 0 Å². The summed E-state index contributed by atoms with van der Waals surface area (Å²) in [5, 5.41) is 1.50. The molecule has 0 saturated heterocycles. The van der Waals surface area contributed by atoms with Gasteiger partial charge in [-0.15, -0.1) is 0 Å². The molecule has 0 heterocycles. The van der Waals surface area contributed by atoms with E-state index in [4.69, 9.17) is 21.1 Å². The van der Waals surface area contributed by atoms with Gasteiger partial charge in [0.15, 0.2) is 0 Å². The van der Waals surface area contributed by atoms with E-state index >= 15 is 0 Å². The fourth-order valence-corrected chi connectivity index (χ4v) is 2.45. The number of alkyl halides is 1. The second-order valence-corrected chi connectivity index (χ2v) is 8.65. The van der Waals surface area contributed by atoms with Crippen molar-refractivity contribution >= 4 is 59.4 Å². The fraction of sp³-hybridized carbons (Fsp3) is 0.467. The summed E-state index contributed by atoms with van der Waals surface area (Å²) < 4.78 is 12.4. The van der Waals surface area contributed by atoms with Gasteiger partial charge in [0.25, 0.3) is 0 Å². The molecule has 0 unspecified atom stereocenters. The molecule has 1 aromatic carbocycles. The van der Waals surface area contributed by atoms with Crippen LogP contribution in [0.2, 0.25) is 5.02 Å². The second kappa shape index (κ2) is 10.1. The molecule has 0 bridgehead atoms. The monoisotopic (exact) mass is 502 g/mol. The SMILES string of the molecule is CC(C)c1cc(OCC=C(Br)Br)cc(Cl)c1OCCCBr. The van der Waals surface area contributed by atoms with Crippen molar-refractivity contribution in [1.29, 1.82) is 0 Å². The van der Waals surface area contributed by atoms with Crippen LogP contribution in [0.15, 0.2) is 21.6 Å². The Morgan fingerprint density at radius 2 is 2.00 bits per heavy atom. The summed E-state index contributed by atoms with van der Waals surface area (Å²) in [4.78, 5) is 0. The van der Waals surface area contributed by atoms with Crippen molar-refractivity contribution in [2.24, 2.45) is 0 Å². The maximum Gasteiger partial charge on any atom is 0.141 e. The van der Waals surface area contributed by atoms with Gasteiger partial charge < -0.3 is 9.47 Å². The van der Waals surface area contributed by atoms with Crippen LogP contribution in [0.5, 0.6) is 11.5 Å². The highest BCUT2D eigenvalue weighted by Crippen LogP contribution is 2.37. The highest BCUT2D eigenvalue weighted by atomic mass is 79.9. The fourth-order valence-electron chi connectivity index (χ4n) is 1.68. The molecule has 0 aromatic heterocycles. The van der Waals surface area contributed by atoms with E-state index in [1.54, 1.807) is 6.07 Å². The Labute approximate surface area is 156 Å². The summed E-state index contributed by atoms with van der Waals surface area (Å²) in [5.74, 6) is 1.81. The highest BCUT2D eigenvalue weighted by Gasteiger charge is 2.14. The van der Waals surface area contributed by atoms with Crippen LogP contribution >= 0.6 is 59.4 Å². The van der Waals surface area contributed by atoms with Crippen molar-refractivity contribution in [3.63, 3.8) is 0 Å². The van der Waals surface area contributed by atoms with Gasteiger partial charge in [0, 0.05) is 17.0 Å². The average Bonchev–Trinajstić information content (AvgIpc) is 2.40. The van der Waals surface area contributed by atoms with Gasteiger partial charge >= 0.3 is 0 Å². The number of ether oxygens (including phenoxy) is 2. The molecule has 0 amide bonds. The maximum atomic E-state index is 6.35. The third kappa shape index (κ3) is 6.93. The number of hydrogen-bond donors (Lipinski definition) is 0. The smallest absolute Gasteiger partial charge is 0.141 e. The first-order chi connectivity index (χ1) is 9.95. The standard InChI is InChI=1S/C15H18Br3ClO2/c1-10(2)12-8-11(20-7-4-14(17)18)9-13(19)15(12)21-6-3-5-16/h4,8-10H,3,5-7H2,1-2H3. The molecule has 21 heavy (non-hydrogen) atoms. The van der Waals surface area contributed by atoms with Crippen LogP contribution in [0.4, 0.5) is 0 Å². The lowest BCUT2D eigenvalue weighted by atomic mass is 10.0. The minimum Gasteiger partial charge on any atom is -0.492 e. The van der Waals surface area contributed by atoms with Gasteiger partial charge in [-0.2, -0.15) is 0 Å². The molecule has 0 aliphatic heterocycles. The summed E-state index contributed by atoms with van der Waals surface area (Å²) in [6.07, 6.45) is 2.82. The molecule has 0 spiro atoms. The van der Waals surface area contributed by atoms with Crippen LogP contribution in [0, 0.1) is 0 Å². The lowest BCUT2D eigenvalue weighted by Gasteiger charge is -2.17. The van der Waals surface area contributed by atoms with Crippen LogP contribution in [0.3, 0.4) is 0 Å². The molecule has 0 fully saturated rings. The Balaban J connectivity index is 2.92. The van der Waals surface area contributed by atoms with Crippen molar-refractivity contribution in [2.75, 3.05) is 18.5 Å². The molecule has 0 aliphatic carbocycles. The average molecular weight is 505 g/mol. The van der Waals surface area contributed by atoms with Crippen molar-refractivity contribution in [3.8, 4) is 11.5 Å². The topological polar surface area (TPSA) is 18.5 Å². The molecule has 2 nitrogen and oxygen atoms in total. The van der Waals surface area contributed by atoms with Gasteiger partial charge in [0.05, 0.1) is 15.0 Å². The predicted octanol–water partition coefficient (Wildman–Crippen LogP) is 6.64. The molecule has 6 heteroatoms. The number of benzene rings is 1. The number of hydrogen-bond acceptors (Lipinski definition) is 2. The Hall–Kier alpha value is 0.290. The van der Waals surface area contributed by atoms with Crippen molar-refractivity contribution < 1.29 is 9.47 Å². The van der Waals surface area contributed by atoms with Gasteiger partial charge in [-0.3, -0.25) is 0 Å². The summed E-state index contributed by atoms with van der Waals surface area (Å²) >= 11 is 16.3. The van der Waals surface area contributed by atoms with E-state index in [9.17, 15) is 0 Å². The van der Waals surface area contributed by atoms with Crippen molar-refractivity contribution in [1.82, 2.24) is 0 Å². The number of rotatable bonds is 8. The first kappa shape index (κ1) is 19.3. The third-order valence-corrected chi connectivity index (χ3v) is 4.17. The molecule has 0 saturated carbocycles. The van der Waals surface area contributed by atoms with Gasteiger partial charge in [0.1, 0.15) is 18.1 Å². The van der Waals surface area contributed by atoms with E-state index in [-0.39, 0.29) is 0 Å². The quantitative estimate of drug-likeness (QED) is 0.292. The van der Waals surface area contributed by atoms with Crippen LogP contribution in [0.1, 0.15) is 31.7 Å². The van der Waals surface area contributed by atoms with Gasteiger partial charge in [0.2, 0.25) is 0 Å². The zero-order valence-electron chi connectivity index (χ0n) is 12.0. The Morgan fingerprint density at radius 1 is 1.29 bits per heavy atom. The van der Waals surface area contributed by atoms with Gasteiger partial charge in [-0.1, -0.05) is 41.4 Å². The third-order valence-electron chi connectivity index (χ3n) is 2.68. The highest BCUT2D eigenvalue weighted by molar-refractivity contribution is 9.28. The zero-order chi connectivity index (χ0) is 15.8. The molecule has 0 atom stereocenters. The normalized spacial score (nSPS) is 10.6. The lowest BCUT2D eigenvalue weighted by molar-refractivity contribution is 0.312. The van der Waals surface area contributed by atoms with E-state index in [2.05, 4.69) is 61.6 Å². The van der Waals surface area contributed by atoms with Gasteiger partial charge in [-0.25, -0.2) is 0 Å². The molecule has 0 aliphatic rings. The molecule has 118 valence electrons. The first-order valence-electron chi connectivity index (χ1n) is 6.61. The largest absolute Gasteiger partial charge is 0.492 e. The van der Waals surface area contributed by atoms with Crippen molar-refractivity contribution in [3.05, 3.63) is 32.2 Å². The summed E-state index contributed by atoms with van der Waals surface area (Å²) in [6.45, 7) is 5.33. The lowest BCUT2D eigenvalue weighted by Crippen LogP contribution is -2.04. The Kier molecular flexibility index (Phi) is 9.33. The van der Waals surface area contributed by atoms with E-state index in [0.29, 0.717) is 24.2 Å². The molecule has 1 aromatic rings. The van der Waals surface area contributed by atoms with Crippen LogP contribution in [0.25, 0.3) is 0 Å². The second-order valence-electron chi connectivity index (χ2n) is 4.67. The summed E-state index contributed by atoms with van der Waals surface area (Å²) in [7, 11) is 0. The first-order valence-corrected chi connectivity index (χ1v) is 9.70. The molecular weight excluding hydrogens is 487 g/mol. The van der Waals surface area contributed by atoms with Crippen LogP contribution in [-0.2, 0) is 0 Å². The predicted molar refractivity (Wildman–Crippen MR) is 101 cm³/mol. The molecule has 1 rings (SSSR count). The molecule has 0 radical (unpaired) electrons. The molecular formula is C15H18Br3ClO2. The van der Waals surface area contributed by atoms with Gasteiger partial charge in [-0.05, 0) is 56.3 Å². The van der Waals surface area contributed by atoms with Crippen molar-refractivity contribution in [2.45, 2.75) is 26.2 Å². The Bertz CT molecular complexity index is 486. The summed E-state index contributed by atoms with van der Waals surface area (Å²) in [5.41, 5.74) is 1.06. The maximum absolute atomic E-state index is 6.35. The van der Waals surface area contributed by atoms with E-state index in [0.717, 1.165) is 32.2 Å². The van der Waals surface area contributed by atoms with E-state index in [1.165, 1.54) is 0 Å². The van der Waals surface area contributed by atoms with Crippen LogP contribution < -0.4 is 9.47 Å². The van der Waals surface area contributed by atoms with Crippen LogP contribution in [-0.4, -0.2) is 18.5 Å². The van der Waals surface area contributed by atoms with E-state index in [1.807, 2.05) is 12.1 Å². The number of halogens is 4.